The van der Waals surface area contributed by atoms with Crippen molar-refractivity contribution in [2.24, 2.45) is 0 Å². The topological polar surface area (TPSA) is 0 Å². The molecule has 0 aliphatic rings. The lowest BCUT2D eigenvalue weighted by atomic mass is 10.2. The van der Waals surface area contributed by atoms with Gasteiger partial charge in [0.1, 0.15) is 0 Å². The Morgan fingerprint density at radius 1 is 0.875 bits per heavy atom. The monoisotopic (exact) mass is 220 g/mol. The summed E-state index contributed by atoms with van der Waals surface area (Å²) in [4.78, 5) is 0. The van der Waals surface area contributed by atoms with Gasteiger partial charge in [-0.15, -0.1) is 0 Å². The second-order valence-electron chi connectivity index (χ2n) is 3.62. The Kier molecular flexibility index (Phi) is 17.8. The maximum Gasteiger partial charge on any atom is -0.0260 e. The first kappa shape index (κ1) is 17.4. The van der Waals surface area contributed by atoms with Crippen LogP contribution in [0.1, 0.15) is 59.4 Å². The molecule has 0 nitrogen and oxygen atoms in total. The van der Waals surface area contributed by atoms with Crippen LogP contribution in [0.15, 0.2) is 36.4 Å². The van der Waals surface area contributed by atoms with Gasteiger partial charge in [-0.1, -0.05) is 89.4 Å². The molecule has 0 bridgehead atoms. The van der Waals surface area contributed by atoms with Gasteiger partial charge in [0, 0.05) is 0 Å². The Balaban J connectivity index is 0. The summed E-state index contributed by atoms with van der Waals surface area (Å²) in [5.74, 6) is 0. The van der Waals surface area contributed by atoms with E-state index >= 15 is 0 Å². The number of hydrogen-bond acceptors (Lipinski definition) is 0. The van der Waals surface area contributed by atoms with Gasteiger partial charge in [-0.05, 0) is 12.5 Å². The van der Waals surface area contributed by atoms with E-state index in [1.807, 2.05) is 31.2 Å². The molecule has 0 saturated heterocycles. The molecule has 1 aromatic carbocycles. The second-order valence-corrected chi connectivity index (χ2v) is 3.62. The van der Waals surface area contributed by atoms with Crippen LogP contribution in [0.2, 0.25) is 0 Å². The number of unbranched alkanes of at least 4 members (excludes halogenated alkanes) is 1. The standard InChI is InChI=1S/C9H10.C4H10.C3H8/c1-2-6-9-7-4-3-5-8-9;1-3-4-2;1-3-2/h2-8H,1H3;3-4H2,1-2H3;3H2,1-2H3/b6-2+;;. The van der Waals surface area contributed by atoms with Crippen LogP contribution in [0.3, 0.4) is 0 Å². The molecule has 1 rings (SSSR count). The zero-order chi connectivity index (χ0) is 12.6. The first-order valence-corrected chi connectivity index (χ1v) is 6.44. The van der Waals surface area contributed by atoms with Crippen LogP contribution in [0.25, 0.3) is 6.08 Å². The lowest BCUT2D eigenvalue weighted by Gasteiger charge is -1.86. The zero-order valence-corrected chi connectivity index (χ0v) is 11.7. The summed E-state index contributed by atoms with van der Waals surface area (Å²) in [7, 11) is 0. The lowest BCUT2D eigenvalue weighted by Crippen LogP contribution is -1.65. The highest BCUT2D eigenvalue weighted by molar-refractivity contribution is 5.47. The van der Waals surface area contributed by atoms with Gasteiger partial charge in [-0.25, -0.2) is 0 Å². The average molecular weight is 220 g/mol. The largest absolute Gasteiger partial charge is 0.0871 e. The van der Waals surface area contributed by atoms with Crippen LogP contribution in [0.4, 0.5) is 0 Å². The van der Waals surface area contributed by atoms with E-state index in [0.717, 1.165) is 0 Å². The van der Waals surface area contributed by atoms with Crippen molar-refractivity contribution in [2.75, 3.05) is 0 Å². The Morgan fingerprint density at radius 2 is 1.31 bits per heavy atom. The third kappa shape index (κ3) is 15.4. The van der Waals surface area contributed by atoms with Crippen LogP contribution in [-0.4, -0.2) is 0 Å². The van der Waals surface area contributed by atoms with Crippen molar-refractivity contribution >= 4 is 6.08 Å². The fraction of sp³-hybridized carbons (Fsp3) is 0.500. The molecule has 0 aromatic heterocycles. The summed E-state index contributed by atoms with van der Waals surface area (Å²) in [6.07, 6.45) is 8.01. The van der Waals surface area contributed by atoms with Crippen molar-refractivity contribution in [3.8, 4) is 0 Å². The van der Waals surface area contributed by atoms with Crippen LogP contribution >= 0.6 is 0 Å². The molecule has 0 amide bonds. The summed E-state index contributed by atoms with van der Waals surface area (Å²) < 4.78 is 0. The molecule has 16 heavy (non-hydrogen) atoms. The van der Waals surface area contributed by atoms with E-state index in [2.05, 4.69) is 45.9 Å². The third-order valence-corrected chi connectivity index (χ3v) is 1.66. The van der Waals surface area contributed by atoms with E-state index in [9.17, 15) is 0 Å². The summed E-state index contributed by atoms with van der Waals surface area (Å²) in [5.41, 5.74) is 1.26. The lowest BCUT2D eigenvalue weighted by molar-refractivity contribution is 0.886. The number of benzene rings is 1. The summed E-state index contributed by atoms with van der Waals surface area (Å²) >= 11 is 0. The van der Waals surface area contributed by atoms with Gasteiger partial charge in [-0.3, -0.25) is 0 Å². The van der Waals surface area contributed by atoms with Crippen molar-refractivity contribution in [2.45, 2.75) is 53.9 Å². The Hall–Kier alpha value is -1.04. The molecule has 0 atom stereocenters. The van der Waals surface area contributed by atoms with Crippen LogP contribution < -0.4 is 0 Å². The van der Waals surface area contributed by atoms with Crippen LogP contribution in [-0.2, 0) is 0 Å². The fourth-order valence-corrected chi connectivity index (χ4v) is 0.757. The smallest absolute Gasteiger partial charge is 0.0260 e. The van der Waals surface area contributed by atoms with Crippen LogP contribution in [0, 0.1) is 0 Å². The van der Waals surface area contributed by atoms with E-state index in [0.29, 0.717) is 0 Å². The minimum Gasteiger partial charge on any atom is -0.0871 e. The molecule has 0 aliphatic heterocycles. The van der Waals surface area contributed by atoms with Crippen molar-refractivity contribution in [1.29, 1.82) is 0 Å². The van der Waals surface area contributed by atoms with Crippen molar-refractivity contribution in [3.63, 3.8) is 0 Å². The Labute approximate surface area is 102 Å². The van der Waals surface area contributed by atoms with Crippen molar-refractivity contribution < 1.29 is 0 Å². The average Bonchev–Trinajstić information content (AvgIpc) is 2.32. The van der Waals surface area contributed by atoms with Gasteiger partial charge in [0.15, 0.2) is 0 Å². The summed E-state index contributed by atoms with van der Waals surface area (Å²) in [6, 6.07) is 10.3. The molecule has 0 unspecified atom stereocenters. The minimum atomic E-state index is 1.25. The van der Waals surface area contributed by atoms with Crippen LogP contribution in [0.5, 0.6) is 0 Å². The first-order valence-electron chi connectivity index (χ1n) is 6.44. The molecule has 92 valence electrons. The molecule has 0 fully saturated rings. The molecular formula is C16H28. The van der Waals surface area contributed by atoms with E-state index in [1.165, 1.54) is 24.8 Å². The maximum absolute atomic E-state index is 2.18. The summed E-state index contributed by atoms with van der Waals surface area (Å²) in [5, 5.41) is 0. The van der Waals surface area contributed by atoms with E-state index in [4.69, 9.17) is 0 Å². The molecule has 0 aliphatic carbocycles. The van der Waals surface area contributed by atoms with Gasteiger partial charge in [0.25, 0.3) is 0 Å². The van der Waals surface area contributed by atoms with E-state index in [1.54, 1.807) is 0 Å². The highest BCUT2D eigenvalue weighted by Crippen LogP contribution is 1.99. The first-order chi connectivity index (χ1) is 7.76. The van der Waals surface area contributed by atoms with E-state index in [-0.39, 0.29) is 0 Å². The molecule has 0 heteroatoms. The summed E-state index contributed by atoms with van der Waals surface area (Å²) in [6.45, 7) is 10.6. The molecular weight excluding hydrogens is 192 g/mol. The SMILES string of the molecule is C/C=C/c1ccccc1.CCC.CCCC. The Morgan fingerprint density at radius 3 is 1.62 bits per heavy atom. The molecule has 0 radical (unpaired) electrons. The van der Waals surface area contributed by atoms with Crippen molar-refractivity contribution in [1.82, 2.24) is 0 Å². The van der Waals surface area contributed by atoms with E-state index < -0.39 is 0 Å². The van der Waals surface area contributed by atoms with Gasteiger partial charge < -0.3 is 0 Å². The van der Waals surface area contributed by atoms with Crippen molar-refractivity contribution in [3.05, 3.63) is 42.0 Å². The predicted octanol–water partition coefficient (Wildman–Crippen LogP) is 5.94. The number of hydrogen-bond donors (Lipinski definition) is 0. The highest BCUT2D eigenvalue weighted by Gasteiger charge is 1.77. The normalized spacial score (nSPS) is 8.81. The third-order valence-electron chi connectivity index (χ3n) is 1.66. The minimum absolute atomic E-state index is 1.25. The number of rotatable bonds is 2. The molecule has 0 N–H and O–H groups in total. The van der Waals surface area contributed by atoms with Gasteiger partial charge in [0.05, 0.1) is 0 Å². The Bertz CT molecular complexity index is 219. The van der Waals surface area contributed by atoms with Gasteiger partial charge in [-0.2, -0.15) is 0 Å². The molecule has 0 heterocycles. The zero-order valence-electron chi connectivity index (χ0n) is 11.7. The quantitative estimate of drug-likeness (QED) is 0.578. The molecule has 0 spiro atoms. The molecule has 1 aromatic rings. The molecule has 0 saturated carbocycles. The second kappa shape index (κ2) is 16.4. The number of allylic oxidation sites excluding steroid dienone is 1. The van der Waals surface area contributed by atoms with Gasteiger partial charge >= 0.3 is 0 Å². The fourth-order valence-electron chi connectivity index (χ4n) is 0.757. The predicted molar refractivity (Wildman–Crippen MR) is 77.7 cm³/mol. The highest BCUT2D eigenvalue weighted by atomic mass is 13.8. The van der Waals surface area contributed by atoms with Gasteiger partial charge in [0.2, 0.25) is 0 Å². The maximum atomic E-state index is 2.18.